The van der Waals surface area contributed by atoms with Crippen molar-refractivity contribution in [3.8, 4) is 0 Å². The minimum absolute atomic E-state index is 0.305. The van der Waals surface area contributed by atoms with E-state index in [1.54, 1.807) is 11.3 Å². The van der Waals surface area contributed by atoms with E-state index in [2.05, 4.69) is 11.9 Å². The first-order valence-electron chi connectivity index (χ1n) is 5.88. The Morgan fingerprint density at radius 3 is 2.76 bits per heavy atom. The van der Waals surface area contributed by atoms with Crippen molar-refractivity contribution < 1.29 is 8.42 Å². The zero-order valence-electron chi connectivity index (χ0n) is 9.93. The molecule has 1 aromatic heterocycles. The highest BCUT2D eigenvalue weighted by molar-refractivity contribution is 7.91. The second-order valence-electron chi connectivity index (χ2n) is 4.66. The first kappa shape index (κ1) is 13.0. The number of thiazole rings is 1. The minimum Gasteiger partial charge on any atom is -0.330 e. The average Bonchev–Trinajstić information content (AvgIpc) is 2.77. The van der Waals surface area contributed by atoms with Crippen LogP contribution in [0.1, 0.15) is 41.5 Å². The summed E-state index contributed by atoms with van der Waals surface area (Å²) in [5.74, 6) is 1.27. The fourth-order valence-corrected chi connectivity index (χ4v) is 4.61. The number of nitrogens with two attached hydrogens (primary N) is 1. The van der Waals surface area contributed by atoms with E-state index in [0.29, 0.717) is 42.7 Å². The molecule has 0 saturated carbocycles. The smallest absolute Gasteiger partial charge is 0.150 e. The summed E-state index contributed by atoms with van der Waals surface area (Å²) in [5, 5.41) is 1.08. The maximum atomic E-state index is 11.4. The second-order valence-corrected chi connectivity index (χ2v) is 8.06. The van der Waals surface area contributed by atoms with Gasteiger partial charge in [0.1, 0.15) is 9.84 Å². The highest BCUT2D eigenvalue weighted by Crippen LogP contribution is 2.33. The van der Waals surface area contributed by atoms with Gasteiger partial charge >= 0.3 is 0 Å². The second kappa shape index (κ2) is 5.04. The molecule has 0 aliphatic carbocycles. The molecule has 0 amide bonds. The molecule has 0 radical (unpaired) electrons. The molecule has 0 spiro atoms. The molecule has 6 heteroatoms. The van der Waals surface area contributed by atoms with Gasteiger partial charge in [-0.3, -0.25) is 0 Å². The normalized spacial score (nSPS) is 22.5. The van der Waals surface area contributed by atoms with Crippen LogP contribution in [0.15, 0.2) is 6.20 Å². The van der Waals surface area contributed by atoms with Crippen molar-refractivity contribution in [2.75, 3.05) is 18.1 Å². The molecule has 1 aromatic rings. The van der Waals surface area contributed by atoms with Crippen molar-refractivity contribution in [3.63, 3.8) is 0 Å². The lowest BCUT2D eigenvalue weighted by Gasteiger charge is -2.19. The van der Waals surface area contributed by atoms with E-state index in [1.807, 2.05) is 6.20 Å². The lowest BCUT2D eigenvalue weighted by atomic mass is 10.0. The summed E-state index contributed by atoms with van der Waals surface area (Å²) in [6.45, 7) is 2.71. The van der Waals surface area contributed by atoms with Crippen LogP contribution in [0.3, 0.4) is 0 Å². The lowest BCUT2D eigenvalue weighted by molar-refractivity contribution is 0.549. The molecule has 2 heterocycles. The summed E-state index contributed by atoms with van der Waals surface area (Å²) in [4.78, 5) is 5.63. The molecule has 0 aromatic carbocycles. The maximum Gasteiger partial charge on any atom is 0.150 e. The molecular formula is C11H18N2O2S2. The van der Waals surface area contributed by atoms with Crippen molar-refractivity contribution in [1.29, 1.82) is 0 Å². The van der Waals surface area contributed by atoms with Crippen molar-refractivity contribution in [2.24, 2.45) is 5.73 Å². The number of sulfone groups is 1. The molecule has 0 bridgehead atoms. The third-order valence-corrected chi connectivity index (χ3v) is 6.39. The van der Waals surface area contributed by atoms with Crippen LogP contribution in [0.2, 0.25) is 0 Å². The third kappa shape index (κ3) is 3.05. The topological polar surface area (TPSA) is 73.0 Å². The van der Waals surface area contributed by atoms with Gasteiger partial charge in [0.15, 0.2) is 0 Å². The Bertz CT molecular complexity index is 467. The number of hydrogen-bond acceptors (Lipinski definition) is 5. The zero-order chi connectivity index (χ0) is 12.5. The zero-order valence-corrected chi connectivity index (χ0v) is 11.6. The summed E-state index contributed by atoms with van der Waals surface area (Å²) < 4.78 is 22.7. The van der Waals surface area contributed by atoms with E-state index in [9.17, 15) is 8.42 Å². The Kier molecular flexibility index (Phi) is 3.85. The molecule has 1 aliphatic heterocycles. The van der Waals surface area contributed by atoms with Crippen LogP contribution in [0.25, 0.3) is 0 Å². The van der Waals surface area contributed by atoms with Gasteiger partial charge in [0, 0.05) is 22.9 Å². The predicted molar refractivity (Wildman–Crippen MR) is 70.2 cm³/mol. The fourth-order valence-electron chi connectivity index (χ4n) is 1.97. The quantitative estimate of drug-likeness (QED) is 0.906. The lowest BCUT2D eigenvalue weighted by Crippen LogP contribution is -2.21. The Balaban J connectivity index is 2.06. The third-order valence-electron chi connectivity index (χ3n) is 3.28. The average molecular weight is 274 g/mol. The molecule has 4 nitrogen and oxygen atoms in total. The van der Waals surface area contributed by atoms with Crippen LogP contribution in [0.4, 0.5) is 0 Å². The van der Waals surface area contributed by atoms with Crippen LogP contribution < -0.4 is 5.73 Å². The van der Waals surface area contributed by atoms with Crippen LogP contribution in [-0.2, 0) is 9.84 Å². The SMILES string of the molecule is CC(CN)c1cnc(C2CCS(=O)(=O)CC2)s1. The fraction of sp³-hybridized carbons (Fsp3) is 0.727. The van der Waals surface area contributed by atoms with Gasteiger partial charge in [-0.2, -0.15) is 0 Å². The van der Waals surface area contributed by atoms with Crippen molar-refractivity contribution in [2.45, 2.75) is 31.6 Å². The van der Waals surface area contributed by atoms with E-state index in [-0.39, 0.29) is 0 Å². The van der Waals surface area contributed by atoms with Gasteiger partial charge in [-0.25, -0.2) is 13.4 Å². The van der Waals surface area contributed by atoms with E-state index >= 15 is 0 Å². The molecule has 1 fully saturated rings. The van der Waals surface area contributed by atoms with E-state index in [0.717, 1.165) is 5.01 Å². The van der Waals surface area contributed by atoms with Gasteiger partial charge in [-0.1, -0.05) is 6.92 Å². The van der Waals surface area contributed by atoms with E-state index in [4.69, 9.17) is 5.73 Å². The largest absolute Gasteiger partial charge is 0.330 e. The number of aromatic nitrogens is 1. The van der Waals surface area contributed by atoms with Gasteiger partial charge in [-0.05, 0) is 19.4 Å². The summed E-state index contributed by atoms with van der Waals surface area (Å²) >= 11 is 1.69. The Hall–Kier alpha value is -0.460. The van der Waals surface area contributed by atoms with Crippen LogP contribution in [0, 0.1) is 0 Å². The first-order chi connectivity index (χ1) is 8.02. The Morgan fingerprint density at radius 2 is 2.18 bits per heavy atom. The minimum atomic E-state index is -2.78. The molecule has 1 atom stereocenters. The van der Waals surface area contributed by atoms with Gasteiger partial charge in [0.2, 0.25) is 0 Å². The van der Waals surface area contributed by atoms with Gasteiger partial charge in [-0.15, -0.1) is 11.3 Å². The Morgan fingerprint density at radius 1 is 1.53 bits per heavy atom. The summed E-state index contributed by atoms with van der Waals surface area (Å²) in [5.41, 5.74) is 5.63. The number of nitrogens with zero attached hydrogens (tertiary/aromatic N) is 1. The number of hydrogen-bond donors (Lipinski definition) is 1. The van der Waals surface area contributed by atoms with E-state index < -0.39 is 9.84 Å². The van der Waals surface area contributed by atoms with Crippen molar-refractivity contribution in [3.05, 3.63) is 16.1 Å². The van der Waals surface area contributed by atoms with Crippen molar-refractivity contribution in [1.82, 2.24) is 4.98 Å². The van der Waals surface area contributed by atoms with Gasteiger partial charge < -0.3 is 5.73 Å². The van der Waals surface area contributed by atoms with Gasteiger partial charge in [0.25, 0.3) is 0 Å². The molecule has 1 unspecified atom stereocenters. The molecule has 2 rings (SSSR count). The molecular weight excluding hydrogens is 256 g/mol. The highest BCUT2D eigenvalue weighted by Gasteiger charge is 2.26. The summed E-state index contributed by atoms with van der Waals surface area (Å²) in [6.07, 6.45) is 3.32. The highest BCUT2D eigenvalue weighted by atomic mass is 32.2. The van der Waals surface area contributed by atoms with Crippen molar-refractivity contribution >= 4 is 21.2 Å². The molecule has 2 N–H and O–H groups in total. The maximum absolute atomic E-state index is 11.4. The molecule has 1 saturated heterocycles. The number of rotatable bonds is 3. The van der Waals surface area contributed by atoms with Crippen LogP contribution >= 0.6 is 11.3 Å². The molecule has 96 valence electrons. The van der Waals surface area contributed by atoms with Gasteiger partial charge in [0.05, 0.1) is 16.5 Å². The first-order valence-corrected chi connectivity index (χ1v) is 8.51. The van der Waals surface area contributed by atoms with Crippen LogP contribution in [-0.4, -0.2) is 31.5 Å². The van der Waals surface area contributed by atoms with E-state index in [1.165, 1.54) is 4.88 Å². The predicted octanol–water partition coefficient (Wildman–Crippen LogP) is 1.50. The monoisotopic (exact) mass is 274 g/mol. The summed E-state index contributed by atoms with van der Waals surface area (Å²) in [6, 6.07) is 0. The Labute approximate surface area is 106 Å². The summed E-state index contributed by atoms with van der Waals surface area (Å²) in [7, 11) is -2.78. The standard InChI is InChI=1S/C11H18N2O2S2/c1-8(6-12)10-7-13-11(16-10)9-2-4-17(14,15)5-3-9/h7-9H,2-6,12H2,1H3. The van der Waals surface area contributed by atoms with Crippen LogP contribution in [0.5, 0.6) is 0 Å². The molecule has 1 aliphatic rings. The molecule has 17 heavy (non-hydrogen) atoms.